The first-order chi connectivity index (χ1) is 12.6. The van der Waals surface area contributed by atoms with Gasteiger partial charge in [-0.15, -0.1) is 0 Å². The third-order valence-corrected chi connectivity index (χ3v) is 5.38. The molecule has 0 radical (unpaired) electrons. The second kappa shape index (κ2) is 8.86. The molecular weight excluding hydrogens is 393 g/mol. The van der Waals surface area contributed by atoms with E-state index in [9.17, 15) is 15.0 Å². The Bertz CT molecular complexity index is 677. The molecule has 0 aliphatic carbocycles. The maximum atomic E-state index is 12.7. The smallest absolute Gasteiger partial charge is 0.410 e. The highest BCUT2D eigenvalue weighted by atomic mass is 35.5. The molecule has 1 saturated heterocycles. The largest absolute Gasteiger partial charge is 0.496 e. The topological polar surface area (TPSA) is 79.2 Å². The van der Waals surface area contributed by atoms with E-state index in [2.05, 4.69) is 0 Å². The molecule has 6 nitrogen and oxygen atoms in total. The van der Waals surface area contributed by atoms with E-state index >= 15 is 0 Å². The molecule has 27 heavy (non-hydrogen) atoms. The molecule has 1 amide bonds. The standard InChI is InChI=1S/C19H27Cl2NO5/c1-19(2,3)27-18(25)22-10-11(9-13(22)14(24)7-8-23)16-15(26-4)6-5-12(20)17(16)21/h5-6,11,13-14,23-24H,7-10H2,1-4H3/t11-,13-,14?/m0/s1. The van der Waals surface area contributed by atoms with Gasteiger partial charge in [-0.2, -0.15) is 0 Å². The minimum absolute atomic E-state index is 0.164. The molecule has 1 unspecified atom stereocenters. The molecule has 1 heterocycles. The fourth-order valence-electron chi connectivity index (χ4n) is 3.40. The molecule has 0 bridgehead atoms. The third kappa shape index (κ3) is 5.19. The summed E-state index contributed by atoms with van der Waals surface area (Å²) in [5, 5.41) is 20.5. The van der Waals surface area contributed by atoms with Crippen molar-refractivity contribution in [3.8, 4) is 5.75 Å². The zero-order valence-corrected chi connectivity index (χ0v) is 17.5. The molecule has 0 saturated carbocycles. The van der Waals surface area contributed by atoms with Gasteiger partial charge in [0.1, 0.15) is 11.4 Å². The number of likely N-dealkylation sites (tertiary alicyclic amines) is 1. The fourth-order valence-corrected chi connectivity index (χ4v) is 3.88. The van der Waals surface area contributed by atoms with Gasteiger partial charge in [-0.1, -0.05) is 23.2 Å². The quantitative estimate of drug-likeness (QED) is 0.757. The Hall–Kier alpha value is -1.21. The van der Waals surface area contributed by atoms with Crippen LogP contribution in [0.15, 0.2) is 12.1 Å². The first-order valence-corrected chi connectivity index (χ1v) is 9.65. The van der Waals surface area contributed by atoms with E-state index in [1.807, 2.05) is 0 Å². The Morgan fingerprint density at radius 1 is 1.37 bits per heavy atom. The first kappa shape index (κ1) is 22.1. The van der Waals surface area contributed by atoms with E-state index in [1.54, 1.807) is 40.0 Å². The number of rotatable bonds is 5. The van der Waals surface area contributed by atoms with E-state index in [0.717, 1.165) is 0 Å². The number of carbonyl (C=O) groups excluding carboxylic acids is 1. The number of methoxy groups -OCH3 is 1. The van der Waals surface area contributed by atoms with Crippen molar-refractivity contribution in [3.63, 3.8) is 0 Å². The van der Waals surface area contributed by atoms with Gasteiger partial charge in [0.25, 0.3) is 0 Å². The van der Waals surface area contributed by atoms with Crippen molar-refractivity contribution in [2.45, 2.75) is 57.3 Å². The van der Waals surface area contributed by atoms with Crippen LogP contribution in [0.25, 0.3) is 0 Å². The number of hydrogen-bond acceptors (Lipinski definition) is 5. The number of aliphatic hydroxyl groups excluding tert-OH is 2. The normalized spacial score (nSPS) is 21.3. The Kier molecular flexibility index (Phi) is 7.25. The van der Waals surface area contributed by atoms with Crippen molar-refractivity contribution < 1.29 is 24.5 Å². The molecule has 1 aromatic carbocycles. The summed E-state index contributed by atoms with van der Waals surface area (Å²) in [6, 6.07) is 2.89. The molecule has 152 valence electrons. The fraction of sp³-hybridized carbons (Fsp3) is 0.632. The van der Waals surface area contributed by atoms with Gasteiger partial charge in [0.15, 0.2) is 0 Å². The lowest BCUT2D eigenvalue weighted by Gasteiger charge is -2.30. The summed E-state index contributed by atoms with van der Waals surface area (Å²) in [7, 11) is 1.54. The second-order valence-electron chi connectivity index (χ2n) is 7.69. The Morgan fingerprint density at radius 3 is 2.59 bits per heavy atom. The van der Waals surface area contributed by atoms with Gasteiger partial charge in [0.05, 0.1) is 29.3 Å². The summed E-state index contributed by atoms with van der Waals surface area (Å²) in [5.41, 5.74) is 0.0477. The monoisotopic (exact) mass is 419 g/mol. The summed E-state index contributed by atoms with van der Waals surface area (Å²) >= 11 is 12.6. The summed E-state index contributed by atoms with van der Waals surface area (Å²) in [6.45, 7) is 5.49. The van der Waals surface area contributed by atoms with Crippen molar-refractivity contribution in [2.24, 2.45) is 0 Å². The average Bonchev–Trinajstić information content (AvgIpc) is 3.01. The Balaban J connectivity index is 2.37. The summed E-state index contributed by atoms with van der Waals surface area (Å²) in [5.74, 6) is 0.396. The molecule has 1 fully saturated rings. The van der Waals surface area contributed by atoms with Crippen LogP contribution in [0.4, 0.5) is 4.79 Å². The molecule has 1 aliphatic rings. The predicted octanol–water partition coefficient (Wildman–Crippen LogP) is 3.84. The summed E-state index contributed by atoms with van der Waals surface area (Å²) < 4.78 is 10.9. The first-order valence-electron chi connectivity index (χ1n) is 8.89. The van der Waals surface area contributed by atoms with Gasteiger partial charge in [-0.25, -0.2) is 4.79 Å². The van der Waals surface area contributed by atoms with Crippen LogP contribution in [0.5, 0.6) is 5.75 Å². The predicted molar refractivity (Wildman–Crippen MR) is 105 cm³/mol. The van der Waals surface area contributed by atoms with Crippen LogP contribution in [0, 0.1) is 0 Å². The molecule has 2 rings (SSSR count). The van der Waals surface area contributed by atoms with Crippen molar-refractivity contribution in [3.05, 3.63) is 27.7 Å². The van der Waals surface area contributed by atoms with Crippen molar-refractivity contribution in [1.29, 1.82) is 0 Å². The number of carbonyl (C=O) groups is 1. The minimum atomic E-state index is -0.878. The maximum Gasteiger partial charge on any atom is 0.410 e. The van der Waals surface area contributed by atoms with Gasteiger partial charge < -0.3 is 24.6 Å². The number of hydrogen-bond donors (Lipinski definition) is 2. The van der Waals surface area contributed by atoms with Crippen LogP contribution in [-0.4, -0.2) is 59.2 Å². The van der Waals surface area contributed by atoms with Crippen molar-refractivity contribution >= 4 is 29.3 Å². The van der Waals surface area contributed by atoms with Gasteiger partial charge >= 0.3 is 6.09 Å². The molecule has 0 aromatic heterocycles. The van der Waals surface area contributed by atoms with Gasteiger partial charge in [0.2, 0.25) is 0 Å². The number of benzene rings is 1. The van der Waals surface area contributed by atoms with Crippen LogP contribution in [0.2, 0.25) is 10.0 Å². The maximum absolute atomic E-state index is 12.7. The van der Waals surface area contributed by atoms with E-state index in [1.165, 1.54) is 4.90 Å². The van der Waals surface area contributed by atoms with Crippen molar-refractivity contribution in [1.82, 2.24) is 4.90 Å². The van der Waals surface area contributed by atoms with Crippen LogP contribution in [-0.2, 0) is 4.74 Å². The SMILES string of the molecule is COc1ccc(Cl)c(Cl)c1[C@H]1C[C@@H](C(O)CCO)N(C(=O)OC(C)(C)C)C1. The van der Waals surface area contributed by atoms with Crippen LogP contribution >= 0.6 is 23.2 Å². The lowest BCUT2D eigenvalue weighted by atomic mass is 9.93. The number of nitrogens with zero attached hydrogens (tertiary/aromatic N) is 1. The van der Waals surface area contributed by atoms with E-state index in [0.29, 0.717) is 34.3 Å². The van der Waals surface area contributed by atoms with Crippen molar-refractivity contribution in [2.75, 3.05) is 20.3 Å². The highest BCUT2D eigenvalue weighted by Gasteiger charge is 2.43. The number of amides is 1. The zero-order chi connectivity index (χ0) is 20.4. The number of aliphatic hydroxyl groups is 2. The van der Waals surface area contributed by atoms with Gasteiger partial charge in [0, 0.05) is 24.6 Å². The number of halogens is 2. The Morgan fingerprint density at radius 2 is 2.04 bits per heavy atom. The minimum Gasteiger partial charge on any atom is -0.496 e. The molecule has 2 N–H and O–H groups in total. The van der Waals surface area contributed by atoms with E-state index < -0.39 is 23.8 Å². The average molecular weight is 420 g/mol. The lowest BCUT2D eigenvalue weighted by molar-refractivity contribution is 0.00111. The lowest BCUT2D eigenvalue weighted by Crippen LogP contribution is -2.45. The third-order valence-electron chi connectivity index (χ3n) is 4.56. The van der Waals surface area contributed by atoms with Crippen LogP contribution < -0.4 is 4.74 Å². The molecular formula is C19H27Cl2NO5. The van der Waals surface area contributed by atoms with E-state index in [-0.39, 0.29) is 18.9 Å². The highest BCUT2D eigenvalue weighted by molar-refractivity contribution is 6.42. The Labute approximate surface area is 170 Å². The number of ether oxygens (including phenoxy) is 2. The van der Waals surface area contributed by atoms with Crippen LogP contribution in [0.3, 0.4) is 0 Å². The zero-order valence-electron chi connectivity index (χ0n) is 16.0. The highest BCUT2D eigenvalue weighted by Crippen LogP contribution is 2.44. The summed E-state index contributed by atoms with van der Waals surface area (Å²) in [4.78, 5) is 14.2. The van der Waals surface area contributed by atoms with E-state index in [4.69, 9.17) is 32.7 Å². The molecule has 0 spiro atoms. The molecule has 1 aliphatic heterocycles. The van der Waals surface area contributed by atoms with Gasteiger partial charge in [-0.05, 0) is 45.7 Å². The second-order valence-corrected chi connectivity index (χ2v) is 8.47. The molecule has 3 atom stereocenters. The van der Waals surface area contributed by atoms with Gasteiger partial charge in [-0.3, -0.25) is 0 Å². The molecule has 1 aromatic rings. The summed E-state index contributed by atoms with van der Waals surface area (Å²) in [6.07, 6.45) is -0.769. The molecule has 8 heteroatoms. The van der Waals surface area contributed by atoms with Crippen LogP contribution in [0.1, 0.15) is 45.1 Å².